The largest absolute Gasteiger partial charge is 0.388 e. The Bertz CT molecular complexity index is 201. The lowest BCUT2D eigenvalue weighted by Gasteiger charge is -2.08. The van der Waals surface area contributed by atoms with Crippen molar-refractivity contribution in [1.29, 1.82) is 0 Å². The van der Waals surface area contributed by atoms with E-state index in [9.17, 15) is 5.11 Å². The third-order valence-corrected chi connectivity index (χ3v) is 2.56. The molecule has 12 heavy (non-hydrogen) atoms. The summed E-state index contributed by atoms with van der Waals surface area (Å²) in [6.45, 7) is 0.773. The molecule has 3 nitrogen and oxygen atoms in total. The second-order valence-electron chi connectivity index (χ2n) is 2.50. The van der Waals surface area contributed by atoms with Crippen molar-refractivity contribution in [3.05, 3.63) is 22.4 Å². The standard InChI is InChI=1S/C8H14N2OS/c1-9-10-5-4-7(11)8-3-2-6-12-8/h2-3,6-7,9-11H,4-5H2,1H3/t7-/m0/s1. The summed E-state index contributed by atoms with van der Waals surface area (Å²) in [6.07, 6.45) is 0.410. The lowest BCUT2D eigenvalue weighted by Crippen LogP contribution is -2.29. The first kappa shape index (κ1) is 9.67. The molecule has 0 aliphatic heterocycles. The maximum Gasteiger partial charge on any atom is 0.0894 e. The van der Waals surface area contributed by atoms with Crippen molar-refractivity contribution < 1.29 is 5.11 Å². The van der Waals surface area contributed by atoms with E-state index in [0.29, 0.717) is 0 Å². The van der Waals surface area contributed by atoms with Crippen LogP contribution in [0.3, 0.4) is 0 Å². The van der Waals surface area contributed by atoms with Gasteiger partial charge in [0.1, 0.15) is 0 Å². The number of aliphatic hydroxyl groups excluding tert-OH is 1. The van der Waals surface area contributed by atoms with Crippen LogP contribution in [0.25, 0.3) is 0 Å². The minimum atomic E-state index is -0.328. The van der Waals surface area contributed by atoms with Gasteiger partial charge in [0.15, 0.2) is 0 Å². The van der Waals surface area contributed by atoms with Crippen molar-refractivity contribution in [2.24, 2.45) is 0 Å². The molecule has 0 saturated carbocycles. The SMILES string of the molecule is CNNCC[C@H](O)c1cccs1. The molecular formula is C8H14N2OS. The monoisotopic (exact) mass is 186 g/mol. The number of aliphatic hydroxyl groups is 1. The van der Waals surface area contributed by atoms with Crippen molar-refractivity contribution in [3.8, 4) is 0 Å². The second kappa shape index (κ2) is 5.27. The molecule has 0 fully saturated rings. The summed E-state index contributed by atoms with van der Waals surface area (Å²) in [4.78, 5) is 1.04. The highest BCUT2D eigenvalue weighted by atomic mass is 32.1. The molecule has 0 aromatic carbocycles. The van der Waals surface area contributed by atoms with Gasteiger partial charge in [0.25, 0.3) is 0 Å². The van der Waals surface area contributed by atoms with Crippen molar-refractivity contribution in [2.45, 2.75) is 12.5 Å². The average molecular weight is 186 g/mol. The van der Waals surface area contributed by atoms with E-state index in [2.05, 4.69) is 10.9 Å². The van der Waals surface area contributed by atoms with Gasteiger partial charge in [0.05, 0.1) is 6.10 Å². The minimum absolute atomic E-state index is 0.328. The van der Waals surface area contributed by atoms with Crippen LogP contribution < -0.4 is 10.9 Å². The van der Waals surface area contributed by atoms with E-state index in [0.717, 1.165) is 17.8 Å². The molecule has 1 aromatic heterocycles. The van der Waals surface area contributed by atoms with Crippen LogP contribution in [0.1, 0.15) is 17.4 Å². The van der Waals surface area contributed by atoms with Crippen molar-refractivity contribution >= 4 is 11.3 Å². The number of hydrogen-bond donors (Lipinski definition) is 3. The molecule has 68 valence electrons. The number of rotatable bonds is 5. The normalized spacial score (nSPS) is 13.2. The molecule has 1 rings (SSSR count). The van der Waals surface area contributed by atoms with Crippen molar-refractivity contribution in [3.63, 3.8) is 0 Å². The quantitative estimate of drug-likeness (QED) is 0.473. The zero-order valence-corrected chi connectivity index (χ0v) is 7.90. The Labute approximate surface area is 76.4 Å². The molecule has 0 aliphatic carbocycles. The molecule has 0 spiro atoms. The zero-order valence-electron chi connectivity index (χ0n) is 7.08. The van der Waals surface area contributed by atoms with Crippen LogP contribution in [-0.2, 0) is 0 Å². The van der Waals surface area contributed by atoms with Gasteiger partial charge in [-0.25, -0.2) is 0 Å². The summed E-state index contributed by atoms with van der Waals surface area (Å²) < 4.78 is 0. The highest BCUT2D eigenvalue weighted by molar-refractivity contribution is 7.10. The summed E-state index contributed by atoms with van der Waals surface area (Å²) in [5.74, 6) is 0. The molecule has 1 aromatic rings. The van der Waals surface area contributed by atoms with E-state index in [4.69, 9.17) is 0 Å². The number of thiophene rings is 1. The number of hydrazine groups is 1. The van der Waals surface area contributed by atoms with Crippen LogP contribution in [-0.4, -0.2) is 18.7 Å². The molecule has 1 atom stereocenters. The van der Waals surface area contributed by atoms with Crippen LogP contribution >= 0.6 is 11.3 Å². The van der Waals surface area contributed by atoms with Gasteiger partial charge < -0.3 is 5.11 Å². The third kappa shape index (κ3) is 2.91. The van der Waals surface area contributed by atoms with Crippen molar-refractivity contribution in [1.82, 2.24) is 10.9 Å². The minimum Gasteiger partial charge on any atom is -0.388 e. The first-order chi connectivity index (χ1) is 5.84. The summed E-state index contributed by atoms with van der Waals surface area (Å²) >= 11 is 1.59. The van der Waals surface area contributed by atoms with Crippen molar-refractivity contribution in [2.75, 3.05) is 13.6 Å². The molecule has 0 unspecified atom stereocenters. The fraction of sp³-hybridized carbons (Fsp3) is 0.500. The Morgan fingerprint density at radius 2 is 2.50 bits per heavy atom. The maximum atomic E-state index is 9.58. The summed E-state index contributed by atoms with van der Waals surface area (Å²) in [6, 6.07) is 3.91. The lowest BCUT2D eigenvalue weighted by molar-refractivity contribution is 0.169. The maximum absolute atomic E-state index is 9.58. The zero-order chi connectivity index (χ0) is 8.81. The average Bonchev–Trinajstić information content (AvgIpc) is 2.56. The van der Waals surface area contributed by atoms with Gasteiger partial charge in [-0.05, 0) is 24.9 Å². The predicted molar refractivity (Wildman–Crippen MR) is 51.0 cm³/mol. The van der Waals surface area contributed by atoms with Gasteiger partial charge in [-0.3, -0.25) is 10.9 Å². The Morgan fingerprint density at radius 1 is 1.67 bits per heavy atom. The fourth-order valence-corrected chi connectivity index (χ4v) is 1.70. The van der Waals surface area contributed by atoms with Gasteiger partial charge >= 0.3 is 0 Å². The highest BCUT2D eigenvalue weighted by Gasteiger charge is 2.06. The number of hydrogen-bond acceptors (Lipinski definition) is 4. The van der Waals surface area contributed by atoms with E-state index in [1.807, 2.05) is 24.6 Å². The second-order valence-corrected chi connectivity index (χ2v) is 3.48. The third-order valence-electron chi connectivity index (χ3n) is 1.59. The van der Waals surface area contributed by atoms with E-state index in [1.165, 1.54) is 0 Å². The van der Waals surface area contributed by atoms with Gasteiger partial charge in [0.2, 0.25) is 0 Å². The summed E-state index contributed by atoms with van der Waals surface area (Å²) in [7, 11) is 1.82. The van der Waals surface area contributed by atoms with Crippen LogP contribution in [0.4, 0.5) is 0 Å². The van der Waals surface area contributed by atoms with Crippen LogP contribution in [0.5, 0.6) is 0 Å². The van der Waals surface area contributed by atoms with Crippen LogP contribution in [0.2, 0.25) is 0 Å². The molecule has 0 aliphatic rings. The number of nitrogens with one attached hydrogen (secondary N) is 2. The lowest BCUT2D eigenvalue weighted by atomic mass is 10.2. The molecule has 4 heteroatoms. The molecule has 0 bridgehead atoms. The van der Waals surface area contributed by atoms with Crippen LogP contribution in [0.15, 0.2) is 17.5 Å². The molecule has 0 saturated heterocycles. The topological polar surface area (TPSA) is 44.3 Å². The molecule has 0 amide bonds. The molecule has 3 N–H and O–H groups in total. The van der Waals surface area contributed by atoms with E-state index < -0.39 is 0 Å². The Kier molecular flexibility index (Phi) is 4.24. The van der Waals surface area contributed by atoms with E-state index >= 15 is 0 Å². The van der Waals surface area contributed by atoms with E-state index in [-0.39, 0.29) is 6.10 Å². The van der Waals surface area contributed by atoms with Gasteiger partial charge in [-0.2, -0.15) is 0 Å². The van der Waals surface area contributed by atoms with Gasteiger partial charge in [-0.1, -0.05) is 6.07 Å². The first-order valence-electron chi connectivity index (χ1n) is 3.95. The van der Waals surface area contributed by atoms with Gasteiger partial charge in [0, 0.05) is 11.4 Å². The fourth-order valence-electron chi connectivity index (χ4n) is 0.957. The molecular weight excluding hydrogens is 172 g/mol. The smallest absolute Gasteiger partial charge is 0.0894 e. The molecule has 0 radical (unpaired) electrons. The van der Waals surface area contributed by atoms with E-state index in [1.54, 1.807) is 11.3 Å². The first-order valence-corrected chi connectivity index (χ1v) is 4.83. The Morgan fingerprint density at radius 3 is 3.08 bits per heavy atom. The Balaban J connectivity index is 2.25. The predicted octanol–water partition coefficient (Wildman–Crippen LogP) is 0.896. The Hall–Kier alpha value is -0.420. The summed E-state index contributed by atoms with van der Waals surface area (Å²) in [5.41, 5.74) is 5.75. The van der Waals surface area contributed by atoms with Crippen LogP contribution in [0, 0.1) is 0 Å². The van der Waals surface area contributed by atoms with Gasteiger partial charge in [-0.15, -0.1) is 11.3 Å². The highest BCUT2D eigenvalue weighted by Crippen LogP contribution is 2.20. The molecule has 1 heterocycles. The summed E-state index contributed by atoms with van der Waals surface area (Å²) in [5, 5.41) is 11.6.